The third kappa shape index (κ3) is 2.23. The Bertz CT molecular complexity index is 947. The zero-order valence-electron chi connectivity index (χ0n) is 12.2. The van der Waals surface area contributed by atoms with E-state index in [1.54, 1.807) is 4.57 Å². The standard InChI is InChI=1S/C16H16N2O2S/c1-10-4-5-12(8-11(10)2)9-18-13-6-7-21-14(13)15(19)17(3)16(18)20/h4-8H,9H2,1-3H3. The summed E-state index contributed by atoms with van der Waals surface area (Å²) in [7, 11) is 1.53. The van der Waals surface area contributed by atoms with E-state index in [2.05, 4.69) is 26.0 Å². The molecular formula is C16H16N2O2S. The Morgan fingerprint density at radius 3 is 2.57 bits per heavy atom. The van der Waals surface area contributed by atoms with Crippen LogP contribution in [0.2, 0.25) is 0 Å². The fourth-order valence-corrected chi connectivity index (χ4v) is 3.31. The number of fused-ring (bicyclic) bond motifs is 1. The van der Waals surface area contributed by atoms with Crippen LogP contribution in [0, 0.1) is 13.8 Å². The Morgan fingerprint density at radius 2 is 1.86 bits per heavy atom. The van der Waals surface area contributed by atoms with Crippen molar-refractivity contribution in [2.24, 2.45) is 7.05 Å². The van der Waals surface area contributed by atoms with Crippen LogP contribution in [0.4, 0.5) is 0 Å². The van der Waals surface area contributed by atoms with Gasteiger partial charge in [0.15, 0.2) is 0 Å². The maximum Gasteiger partial charge on any atom is 0.331 e. The van der Waals surface area contributed by atoms with E-state index in [4.69, 9.17) is 0 Å². The largest absolute Gasteiger partial charge is 0.331 e. The van der Waals surface area contributed by atoms with Crippen molar-refractivity contribution in [3.8, 4) is 0 Å². The molecule has 108 valence electrons. The molecule has 0 atom stereocenters. The van der Waals surface area contributed by atoms with Crippen molar-refractivity contribution in [2.75, 3.05) is 0 Å². The lowest BCUT2D eigenvalue weighted by Gasteiger charge is -2.11. The number of aryl methyl sites for hydroxylation is 2. The molecule has 0 saturated carbocycles. The zero-order chi connectivity index (χ0) is 15.1. The SMILES string of the molecule is Cc1ccc(Cn2c(=O)n(C)c(=O)c3sccc32)cc1C. The summed E-state index contributed by atoms with van der Waals surface area (Å²) >= 11 is 1.37. The van der Waals surface area contributed by atoms with Gasteiger partial charge in [-0.3, -0.25) is 13.9 Å². The van der Waals surface area contributed by atoms with Gasteiger partial charge in [-0.2, -0.15) is 0 Å². The third-order valence-electron chi connectivity index (χ3n) is 3.86. The molecule has 0 aliphatic rings. The molecule has 0 radical (unpaired) electrons. The molecular weight excluding hydrogens is 284 g/mol. The van der Waals surface area contributed by atoms with Crippen molar-refractivity contribution in [3.63, 3.8) is 0 Å². The summed E-state index contributed by atoms with van der Waals surface area (Å²) in [6, 6.07) is 8.01. The highest BCUT2D eigenvalue weighted by Gasteiger charge is 2.12. The molecule has 21 heavy (non-hydrogen) atoms. The summed E-state index contributed by atoms with van der Waals surface area (Å²) in [4.78, 5) is 24.5. The number of hydrogen-bond acceptors (Lipinski definition) is 3. The fraction of sp³-hybridized carbons (Fsp3) is 0.250. The number of benzene rings is 1. The van der Waals surface area contributed by atoms with Gasteiger partial charge >= 0.3 is 5.69 Å². The van der Waals surface area contributed by atoms with Crippen LogP contribution in [-0.4, -0.2) is 9.13 Å². The van der Waals surface area contributed by atoms with Crippen LogP contribution in [0.25, 0.3) is 10.2 Å². The molecule has 4 nitrogen and oxygen atoms in total. The van der Waals surface area contributed by atoms with Gasteiger partial charge < -0.3 is 0 Å². The lowest BCUT2D eigenvalue weighted by Crippen LogP contribution is -2.37. The second-order valence-electron chi connectivity index (χ2n) is 5.29. The van der Waals surface area contributed by atoms with Crippen LogP contribution in [0.5, 0.6) is 0 Å². The van der Waals surface area contributed by atoms with E-state index in [1.165, 1.54) is 34.1 Å². The summed E-state index contributed by atoms with van der Waals surface area (Å²) in [5.41, 5.74) is 3.71. The van der Waals surface area contributed by atoms with Gasteiger partial charge in [-0.05, 0) is 42.0 Å². The van der Waals surface area contributed by atoms with Gasteiger partial charge in [-0.15, -0.1) is 11.3 Å². The van der Waals surface area contributed by atoms with E-state index in [-0.39, 0.29) is 11.2 Å². The van der Waals surface area contributed by atoms with Gasteiger partial charge in [0.2, 0.25) is 0 Å². The Labute approximate surface area is 125 Å². The smallest absolute Gasteiger partial charge is 0.288 e. The third-order valence-corrected chi connectivity index (χ3v) is 4.76. The Hall–Kier alpha value is -2.14. The predicted molar refractivity (Wildman–Crippen MR) is 86.3 cm³/mol. The minimum absolute atomic E-state index is 0.221. The lowest BCUT2D eigenvalue weighted by molar-refractivity contribution is 0.675. The average molecular weight is 300 g/mol. The predicted octanol–water partition coefficient (Wildman–Crippen LogP) is 2.43. The minimum Gasteiger partial charge on any atom is -0.288 e. The molecule has 0 N–H and O–H groups in total. The summed E-state index contributed by atoms with van der Waals surface area (Å²) in [6.45, 7) is 4.60. The molecule has 0 aliphatic heterocycles. The van der Waals surface area contributed by atoms with E-state index in [9.17, 15) is 9.59 Å². The molecule has 2 heterocycles. The van der Waals surface area contributed by atoms with E-state index in [0.717, 1.165) is 5.56 Å². The monoisotopic (exact) mass is 300 g/mol. The Morgan fingerprint density at radius 1 is 1.10 bits per heavy atom. The lowest BCUT2D eigenvalue weighted by atomic mass is 10.1. The van der Waals surface area contributed by atoms with Crippen molar-refractivity contribution in [1.82, 2.24) is 9.13 Å². The molecule has 0 aliphatic carbocycles. The summed E-state index contributed by atoms with van der Waals surface area (Å²) in [6.07, 6.45) is 0. The van der Waals surface area contributed by atoms with Gasteiger partial charge in [0.1, 0.15) is 4.70 Å². The minimum atomic E-state index is -0.274. The first-order valence-electron chi connectivity index (χ1n) is 6.72. The van der Waals surface area contributed by atoms with Gasteiger partial charge in [-0.1, -0.05) is 18.2 Å². The first kappa shape index (κ1) is 13.8. The quantitative estimate of drug-likeness (QED) is 0.729. The number of thiophene rings is 1. The van der Waals surface area contributed by atoms with E-state index >= 15 is 0 Å². The van der Waals surface area contributed by atoms with Gasteiger partial charge in [-0.25, -0.2) is 4.79 Å². The zero-order valence-corrected chi connectivity index (χ0v) is 13.0. The molecule has 0 amide bonds. The first-order valence-corrected chi connectivity index (χ1v) is 7.60. The van der Waals surface area contributed by atoms with Crippen LogP contribution in [0.15, 0.2) is 39.2 Å². The highest BCUT2D eigenvalue weighted by atomic mass is 32.1. The topological polar surface area (TPSA) is 44.0 Å². The first-order chi connectivity index (χ1) is 9.99. The molecule has 0 bridgehead atoms. The molecule has 0 fully saturated rings. The van der Waals surface area contributed by atoms with Gasteiger partial charge in [0.25, 0.3) is 5.56 Å². The second-order valence-corrected chi connectivity index (χ2v) is 6.20. The van der Waals surface area contributed by atoms with Crippen molar-refractivity contribution in [2.45, 2.75) is 20.4 Å². The molecule has 0 saturated heterocycles. The average Bonchev–Trinajstić information content (AvgIpc) is 2.94. The molecule has 0 unspecified atom stereocenters. The molecule has 3 aromatic rings. The molecule has 2 aromatic heterocycles. The van der Waals surface area contributed by atoms with E-state index in [1.807, 2.05) is 17.5 Å². The number of hydrogen-bond donors (Lipinski definition) is 0. The van der Waals surface area contributed by atoms with Crippen LogP contribution >= 0.6 is 11.3 Å². The van der Waals surface area contributed by atoms with Crippen LogP contribution in [0.1, 0.15) is 16.7 Å². The van der Waals surface area contributed by atoms with Crippen LogP contribution < -0.4 is 11.2 Å². The highest BCUT2D eigenvalue weighted by Crippen LogP contribution is 2.17. The van der Waals surface area contributed by atoms with Crippen molar-refractivity contribution < 1.29 is 0 Å². The van der Waals surface area contributed by atoms with Crippen LogP contribution in [-0.2, 0) is 13.6 Å². The maximum absolute atomic E-state index is 12.4. The van der Waals surface area contributed by atoms with Crippen molar-refractivity contribution in [3.05, 3.63) is 67.2 Å². The molecule has 5 heteroatoms. The molecule has 1 aromatic carbocycles. The number of aromatic nitrogens is 2. The van der Waals surface area contributed by atoms with Crippen LogP contribution in [0.3, 0.4) is 0 Å². The van der Waals surface area contributed by atoms with Crippen molar-refractivity contribution in [1.29, 1.82) is 0 Å². The molecule has 3 rings (SSSR count). The fourth-order valence-electron chi connectivity index (χ4n) is 2.44. The Kier molecular flexibility index (Phi) is 3.29. The second kappa shape index (κ2) is 5.00. The number of nitrogens with zero attached hydrogens (tertiary/aromatic N) is 2. The van der Waals surface area contributed by atoms with E-state index in [0.29, 0.717) is 16.8 Å². The Balaban J connectivity index is 2.21. The number of rotatable bonds is 2. The van der Waals surface area contributed by atoms with Crippen molar-refractivity contribution >= 4 is 21.6 Å². The highest BCUT2D eigenvalue weighted by molar-refractivity contribution is 7.17. The summed E-state index contributed by atoms with van der Waals surface area (Å²) < 4.78 is 3.47. The van der Waals surface area contributed by atoms with E-state index < -0.39 is 0 Å². The summed E-state index contributed by atoms with van der Waals surface area (Å²) in [5.74, 6) is 0. The van der Waals surface area contributed by atoms with Gasteiger partial charge in [0, 0.05) is 7.05 Å². The maximum atomic E-state index is 12.4. The van der Waals surface area contributed by atoms with Gasteiger partial charge in [0.05, 0.1) is 12.1 Å². The normalized spacial score (nSPS) is 11.2. The summed E-state index contributed by atoms with van der Waals surface area (Å²) in [5, 5.41) is 1.85. The molecule has 0 spiro atoms.